The summed E-state index contributed by atoms with van der Waals surface area (Å²) in [4.78, 5) is 22.2. The van der Waals surface area contributed by atoms with Crippen molar-refractivity contribution in [1.29, 1.82) is 0 Å². The lowest BCUT2D eigenvalue weighted by molar-refractivity contribution is -0.107. The fourth-order valence-electron chi connectivity index (χ4n) is 2.00. The molecule has 1 heterocycles. The largest absolute Gasteiger partial charge is 0.366 e. The van der Waals surface area contributed by atoms with Gasteiger partial charge in [-0.3, -0.25) is 4.79 Å². The van der Waals surface area contributed by atoms with Crippen molar-refractivity contribution in [2.24, 2.45) is 5.73 Å². The molecule has 1 amide bonds. The van der Waals surface area contributed by atoms with Gasteiger partial charge in [-0.15, -0.1) is 0 Å². The van der Waals surface area contributed by atoms with Crippen LogP contribution in [0.15, 0.2) is 0 Å². The highest BCUT2D eigenvalue weighted by molar-refractivity contribution is 7.90. The number of nitrogens with zero attached hydrogens (tertiary/aromatic N) is 1. The fourth-order valence-corrected chi connectivity index (χ4v) is 3.41. The lowest BCUT2D eigenvalue weighted by Crippen LogP contribution is -2.26. The molecule has 0 fully saturated rings. The van der Waals surface area contributed by atoms with E-state index in [4.69, 9.17) is 5.73 Å². The molecule has 2 N–H and O–H groups in total. The van der Waals surface area contributed by atoms with Crippen LogP contribution in [0.3, 0.4) is 0 Å². The van der Waals surface area contributed by atoms with Gasteiger partial charge in [-0.25, -0.2) is 12.4 Å². The van der Waals surface area contributed by atoms with E-state index in [0.717, 1.165) is 3.97 Å². The summed E-state index contributed by atoms with van der Waals surface area (Å²) in [5.41, 5.74) is 6.46. The van der Waals surface area contributed by atoms with E-state index in [1.54, 1.807) is 27.7 Å². The molecule has 106 valence electrons. The van der Waals surface area contributed by atoms with Crippen molar-refractivity contribution in [2.75, 3.05) is 0 Å². The minimum atomic E-state index is -3.65. The van der Waals surface area contributed by atoms with E-state index in [0.29, 0.717) is 17.5 Å². The van der Waals surface area contributed by atoms with Crippen molar-refractivity contribution in [2.45, 2.75) is 39.4 Å². The van der Waals surface area contributed by atoms with Gasteiger partial charge >= 0.3 is 0 Å². The molecule has 1 aromatic heterocycles. The van der Waals surface area contributed by atoms with Crippen molar-refractivity contribution in [3.8, 4) is 0 Å². The summed E-state index contributed by atoms with van der Waals surface area (Å²) in [6, 6.07) is 0. The third kappa shape index (κ3) is 2.42. The minimum absolute atomic E-state index is 0.119. The first kappa shape index (κ1) is 15.4. The molecule has 0 bridgehead atoms. The molecule has 0 saturated heterocycles. The molecule has 0 atom stereocenters. The molecule has 0 spiro atoms. The smallest absolute Gasteiger partial charge is 0.250 e. The number of aldehydes is 1. The summed E-state index contributed by atoms with van der Waals surface area (Å²) in [7, 11) is -3.65. The van der Waals surface area contributed by atoms with Crippen molar-refractivity contribution in [3.05, 3.63) is 22.5 Å². The second-order valence-electron chi connectivity index (χ2n) is 4.63. The third-order valence-electron chi connectivity index (χ3n) is 3.13. The number of aromatic nitrogens is 1. The molecule has 0 aliphatic carbocycles. The number of carbonyl (C=O) groups is 2. The van der Waals surface area contributed by atoms with Crippen LogP contribution in [0, 0.1) is 13.8 Å². The monoisotopic (exact) mass is 286 g/mol. The highest BCUT2D eigenvalue weighted by atomic mass is 32.2. The van der Waals surface area contributed by atoms with Gasteiger partial charge in [-0.2, -0.15) is 0 Å². The maximum atomic E-state index is 12.3. The second-order valence-corrected chi connectivity index (χ2v) is 6.96. The van der Waals surface area contributed by atoms with Gasteiger partial charge in [-0.1, -0.05) is 0 Å². The molecule has 0 aliphatic heterocycles. The molecular formula is C12H18N2O4S. The Hall–Kier alpha value is -1.63. The standard InChI is InChI=1S/C12H18N2O4S/c1-7(2)19(17,18)14-9(4)8(3)11(12(13)16)10(14)5-6-15/h6-7H,5H2,1-4H3,(H2,13,16). The quantitative estimate of drug-likeness (QED) is 0.798. The molecular weight excluding hydrogens is 268 g/mol. The molecule has 0 aromatic carbocycles. The maximum Gasteiger partial charge on any atom is 0.250 e. The number of carbonyl (C=O) groups excluding carboxylic acids is 2. The molecule has 19 heavy (non-hydrogen) atoms. The third-order valence-corrected chi connectivity index (χ3v) is 5.32. The SMILES string of the molecule is Cc1c(C(N)=O)c(CC=O)n(S(=O)(=O)C(C)C)c1C. The Morgan fingerprint density at radius 3 is 2.26 bits per heavy atom. The Morgan fingerprint density at radius 2 is 1.89 bits per heavy atom. The topological polar surface area (TPSA) is 99.2 Å². The molecule has 0 saturated carbocycles. The summed E-state index contributed by atoms with van der Waals surface area (Å²) < 4.78 is 25.7. The molecule has 6 nitrogen and oxygen atoms in total. The second kappa shape index (κ2) is 5.16. The van der Waals surface area contributed by atoms with Crippen molar-refractivity contribution < 1.29 is 18.0 Å². The van der Waals surface area contributed by atoms with Crippen LogP contribution >= 0.6 is 0 Å². The Balaban J connectivity index is 3.79. The predicted octanol–water partition coefficient (Wildman–Crippen LogP) is 0.532. The zero-order chi connectivity index (χ0) is 15.0. The molecule has 0 radical (unpaired) electrons. The molecule has 1 aromatic rings. The molecule has 0 aliphatic rings. The lowest BCUT2D eigenvalue weighted by atomic mass is 10.1. The Morgan fingerprint density at radius 1 is 1.37 bits per heavy atom. The van der Waals surface area contributed by atoms with E-state index in [1.807, 2.05) is 0 Å². The van der Waals surface area contributed by atoms with E-state index in [2.05, 4.69) is 0 Å². The highest BCUT2D eigenvalue weighted by Gasteiger charge is 2.29. The Kier molecular flexibility index (Phi) is 4.19. The Labute approximate surface area is 112 Å². The van der Waals surface area contributed by atoms with Gasteiger partial charge in [0.15, 0.2) is 0 Å². The highest BCUT2D eigenvalue weighted by Crippen LogP contribution is 2.25. The normalized spacial score (nSPS) is 11.8. The summed E-state index contributed by atoms with van der Waals surface area (Å²) in [6.07, 6.45) is 0.395. The average molecular weight is 286 g/mol. The van der Waals surface area contributed by atoms with E-state index < -0.39 is 21.2 Å². The van der Waals surface area contributed by atoms with Gasteiger partial charge in [0.25, 0.3) is 5.91 Å². The van der Waals surface area contributed by atoms with Crippen molar-refractivity contribution in [1.82, 2.24) is 3.97 Å². The van der Waals surface area contributed by atoms with Gasteiger partial charge in [0, 0.05) is 12.1 Å². The van der Waals surface area contributed by atoms with Crippen molar-refractivity contribution >= 4 is 22.2 Å². The predicted molar refractivity (Wildman–Crippen MR) is 71.6 cm³/mol. The molecule has 7 heteroatoms. The first-order valence-corrected chi connectivity index (χ1v) is 7.35. The summed E-state index contributed by atoms with van der Waals surface area (Å²) in [5.74, 6) is -0.727. The number of nitrogens with two attached hydrogens (primary N) is 1. The molecule has 1 rings (SSSR count). The number of hydrogen-bond acceptors (Lipinski definition) is 4. The van der Waals surface area contributed by atoms with Gasteiger partial charge in [0.05, 0.1) is 16.5 Å². The van der Waals surface area contributed by atoms with Crippen LogP contribution in [0.5, 0.6) is 0 Å². The van der Waals surface area contributed by atoms with E-state index in [-0.39, 0.29) is 17.7 Å². The van der Waals surface area contributed by atoms with Crippen LogP contribution < -0.4 is 5.73 Å². The average Bonchev–Trinajstić information content (AvgIpc) is 2.52. The summed E-state index contributed by atoms with van der Waals surface area (Å²) >= 11 is 0. The molecule has 0 unspecified atom stereocenters. The zero-order valence-corrected chi connectivity index (χ0v) is 12.2. The lowest BCUT2D eigenvalue weighted by Gasteiger charge is -2.14. The van der Waals surface area contributed by atoms with Gasteiger partial charge in [0.1, 0.15) is 6.29 Å². The number of hydrogen-bond donors (Lipinski definition) is 1. The van der Waals surface area contributed by atoms with E-state index in [9.17, 15) is 18.0 Å². The summed E-state index contributed by atoms with van der Waals surface area (Å²) in [6.45, 7) is 6.30. The van der Waals surface area contributed by atoms with Crippen LogP contribution in [-0.2, 0) is 21.2 Å². The Bertz CT molecular complexity index is 627. The minimum Gasteiger partial charge on any atom is -0.366 e. The van der Waals surface area contributed by atoms with Crippen LogP contribution in [0.1, 0.15) is 41.2 Å². The van der Waals surface area contributed by atoms with E-state index >= 15 is 0 Å². The van der Waals surface area contributed by atoms with Crippen LogP contribution in [0.4, 0.5) is 0 Å². The van der Waals surface area contributed by atoms with Crippen molar-refractivity contribution in [3.63, 3.8) is 0 Å². The maximum absolute atomic E-state index is 12.3. The first-order chi connectivity index (χ1) is 8.66. The zero-order valence-electron chi connectivity index (χ0n) is 11.4. The summed E-state index contributed by atoms with van der Waals surface area (Å²) in [5, 5.41) is -0.663. The van der Waals surface area contributed by atoms with Gasteiger partial charge in [0.2, 0.25) is 10.0 Å². The number of primary amides is 1. The van der Waals surface area contributed by atoms with Gasteiger partial charge in [-0.05, 0) is 33.3 Å². The van der Waals surface area contributed by atoms with Gasteiger partial charge < -0.3 is 10.5 Å². The van der Waals surface area contributed by atoms with E-state index in [1.165, 1.54) is 0 Å². The number of rotatable bonds is 5. The van der Waals surface area contributed by atoms with Crippen LogP contribution in [0.25, 0.3) is 0 Å². The fraction of sp³-hybridized carbons (Fsp3) is 0.500. The van der Waals surface area contributed by atoms with Crippen LogP contribution in [0.2, 0.25) is 0 Å². The number of amides is 1. The van der Waals surface area contributed by atoms with Crippen LogP contribution in [-0.4, -0.2) is 29.8 Å². The first-order valence-electron chi connectivity index (χ1n) is 5.84.